The molecule has 3 rings (SSSR count). The Morgan fingerprint density at radius 3 is 2.59 bits per heavy atom. The second-order valence-electron chi connectivity index (χ2n) is 6.01. The van der Waals surface area contributed by atoms with Crippen LogP contribution in [0.5, 0.6) is 5.75 Å². The van der Waals surface area contributed by atoms with Gasteiger partial charge in [-0.1, -0.05) is 47.7 Å². The summed E-state index contributed by atoms with van der Waals surface area (Å²) in [5.41, 5.74) is 2.62. The fourth-order valence-corrected chi connectivity index (χ4v) is 2.55. The van der Waals surface area contributed by atoms with Crippen molar-refractivity contribution in [1.82, 2.24) is 15.0 Å². The number of benzene rings is 2. The highest BCUT2D eigenvalue weighted by molar-refractivity contribution is 5.86. The van der Waals surface area contributed by atoms with Crippen LogP contribution in [0.1, 0.15) is 29.8 Å². The van der Waals surface area contributed by atoms with Gasteiger partial charge in [0.1, 0.15) is 17.5 Å². The molecule has 0 spiro atoms. The Balaban J connectivity index is 1.55. The number of carbonyl (C=O) groups excluding carboxylic acids is 1. The lowest BCUT2D eigenvalue weighted by atomic mass is 10.1. The normalized spacial score (nSPS) is 12.1. The predicted octanol–water partition coefficient (Wildman–Crippen LogP) is 3.65. The van der Waals surface area contributed by atoms with E-state index >= 15 is 0 Å². The summed E-state index contributed by atoms with van der Waals surface area (Å²) in [4.78, 5) is 12.0. The van der Waals surface area contributed by atoms with E-state index in [9.17, 15) is 4.79 Å². The number of methoxy groups -OCH3 is 1. The SMILES string of the molecule is COc1ccc(C(C)OC(=O)/C=C/c2cn(Cc3ccccc3)nn2)cc1. The van der Waals surface area contributed by atoms with Crippen molar-refractivity contribution in [1.29, 1.82) is 0 Å². The molecule has 6 nitrogen and oxygen atoms in total. The Labute approximate surface area is 158 Å². The molecule has 0 aliphatic heterocycles. The summed E-state index contributed by atoms with van der Waals surface area (Å²) in [7, 11) is 1.61. The Kier molecular flexibility index (Phi) is 5.99. The molecule has 0 saturated carbocycles. The van der Waals surface area contributed by atoms with E-state index in [2.05, 4.69) is 10.3 Å². The number of rotatable bonds is 7. The van der Waals surface area contributed by atoms with E-state index in [-0.39, 0.29) is 6.10 Å². The van der Waals surface area contributed by atoms with Crippen LogP contribution in [0.15, 0.2) is 66.9 Å². The quantitative estimate of drug-likeness (QED) is 0.473. The maximum absolute atomic E-state index is 12.0. The van der Waals surface area contributed by atoms with E-state index in [1.165, 1.54) is 6.08 Å². The molecule has 1 unspecified atom stereocenters. The number of hydrogen-bond donors (Lipinski definition) is 0. The molecule has 0 fully saturated rings. The molecule has 27 heavy (non-hydrogen) atoms. The number of aromatic nitrogens is 3. The maximum Gasteiger partial charge on any atom is 0.331 e. The van der Waals surface area contributed by atoms with Gasteiger partial charge in [0.25, 0.3) is 0 Å². The van der Waals surface area contributed by atoms with Crippen molar-refractivity contribution in [3.8, 4) is 5.75 Å². The smallest absolute Gasteiger partial charge is 0.331 e. The molecule has 2 aromatic carbocycles. The standard InChI is InChI=1S/C21H21N3O3/c1-16(18-8-11-20(26-2)12-9-18)27-21(25)13-10-19-15-24(23-22-19)14-17-6-4-3-5-7-17/h3-13,15-16H,14H2,1-2H3/b13-10+. The minimum Gasteiger partial charge on any atom is -0.497 e. The lowest BCUT2D eigenvalue weighted by Gasteiger charge is -2.12. The third kappa shape index (κ3) is 5.28. The zero-order valence-corrected chi connectivity index (χ0v) is 15.3. The van der Waals surface area contributed by atoms with Gasteiger partial charge in [0.2, 0.25) is 0 Å². The van der Waals surface area contributed by atoms with Gasteiger partial charge in [-0.3, -0.25) is 0 Å². The van der Waals surface area contributed by atoms with E-state index in [0.717, 1.165) is 16.9 Å². The molecule has 0 bridgehead atoms. The van der Waals surface area contributed by atoms with E-state index < -0.39 is 5.97 Å². The molecule has 0 aliphatic rings. The first-order valence-corrected chi connectivity index (χ1v) is 8.61. The average molecular weight is 363 g/mol. The van der Waals surface area contributed by atoms with Gasteiger partial charge in [0, 0.05) is 6.08 Å². The Hall–Kier alpha value is -3.41. The Bertz CT molecular complexity index is 902. The van der Waals surface area contributed by atoms with E-state index in [0.29, 0.717) is 12.2 Å². The highest BCUT2D eigenvalue weighted by Gasteiger charge is 2.10. The molecule has 0 amide bonds. The van der Waals surface area contributed by atoms with Gasteiger partial charge in [-0.05, 0) is 36.3 Å². The number of nitrogens with zero attached hydrogens (tertiary/aromatic N) is 3. The molecule has 6 heteroatoms. The van der Waals surface area contributed by atoms with Crippen LogP contribution in [-0.2, 0) is 16.1 Å². The summed E-state index contributed by atoms with van der Waals surface area (Å²) in [5.74, 6) is 0.326. The number of esters is 1. The van der Waals surface area contributed by atoms with Crippen molar-refractivity contribution in [3.63, 3.8) is 0 Å². The van der Waals surface area contributed by atoms with Gasteiger partial charge < -0.3 is 9.47 Å². The minimum atomic E-state index is -0.434. The molecule has 0 N–H and O–H groups in total. The number of hydrogen-bond acceptors (Lipinski definition) is 5. The van der Waals surface area contributed by atoms with Crippen LogP contribution in [0.25, 0.3) is 6.08 Å². The topological polar surface area (TPSA) is 66.2 Å². The summed E-state index contributed by atoms with van der Waals surface area (Å²) in [6.07, 6.45) is 4.37. The molecular formula is C21H21N3O3. The highest BCUT2D eigenvalue weighted by Crippen LogP contribution is 2.20. The summed E-state index contributed by atoms with van der Waals surface area (Å²) >= 11 is 0. The molecule has 138 valence electrons. The maximum atomic E-state index is 12.0. The molecule has 0 aliphatic carbocycles. The summed E-state index contributed by atoms with van der Waals surface area (Å²) in [6, 6.07) is 17.4. The lowest BCUT2D eigenvalue weighted by Crippen LogP contribution is -2.06. The van der Waals surface area contributed by atoms with Crippen LogP contribution in [-0.4, -0.2) is 28.1 Å². The second-order valence-corrected chi connectivity index (χ2v) is 6.01. The van der Waals surface area contributed by atoms with Crippen molar-refractivity contribution in [3.05, 3.63) is 83.7 Å². The Morgan fingerprint density at radius 1 is 1.15 bits per heavy atom. The third-order valence-corrected chi connectivity index (χ3v) is 4.01. The van der Waals surface area contributed by atoms with Crippen molar-refractivity contribution in [2.24, 2.45) is 0 Å². The van der Waals surface area contributed by atoms with Crippen molar-refractivity contribution in [2.45, 2.75) is 19.6 Å². The van der Waals surface area contributed by atoms with Gasteiger partial charge in [-0.2, -0.15) is 0 Å². The molecule has 3 aromatic rings. The fraction of sp³-hybridized carbons (Fsp3) is 0.190. The molecule has 1 atom stereocenters. The summed E-state index contributed by atoms with van der Waals surface area (Å²) < 4.78 is 12.3. The minimum absolute atomic E-state index is 0.359. The van der Waals surface area contributed by atoms with Gasteiger partial charge in [0.15, 0.2) is 0 Å². The van der Waals surface area contributed by atoms with Crippen LogP contribution < -0.4 is 4.74 Å². The van der Waals surface area contributed by atoms with E-state index in [4.69, 9.17) is 9.47 Å². The fourth-order valence-electron chi connectivity index (χ4n) is 2.55. The predicted molar refractivity (Wildman–Crippen MR) is 102 cm³/mol. The average Bonchev–Trinajstić information content (AvgIpc) is 3.14. The van der Waals surface area contributed by atoms with Crippen LogP contribution in [0.3, 0.4) is 0 Å². The van der Waals surface area contributed by atoms with Gasteiger partial charge in [-0.25, -0.2) is 9.48 Å². The third-order valence-electron chi connectivity index (χ3n) is 4.01. The highest BCUT2D eigenvalue weighted by atomic mass is 16.5. The number of carbonyl (C=O) groups is 1. The second kappa shape index (κ2) is 8.80. The van der Waals surface area contributed by atoms with Gasteiger partial charge in [0.05, 0.1) is 19.9 Å². The van der Waals surface area contributed by atoms with Crippen molar-refractivity contribution >= 4 is 12.0 Å². The summed E-state index contributed by atoms with van der Waals surface area (Å²) in [5, 5.41) is 8.11. The monoisotopic (exact) mass is 363 g/mol. The Morgan fingerprint density at radius 2 is 1.89 bits per heavy atom. The van der Waals surface area contributed by atoms with Crippen LogP contribution >= 0.6 is 0 Å². The molecule has 0 saturated heterocycles. The molecule has 0 radical (unpaired) electrons. The largest absolute Gasteiger partial charge is 0.497 e. The van der Waals surface area contributed by atoms with E-state index in [1.807, 2.05) is 61.5 Å². The first-order chi connectivity index (χ1) is 13.1. The van der Waals surface area contributed by atoms with Crippen LogP contribution in [0.2, 0.25) is 0 Å². The lowest BCUT2D eigenvalue weighted by molar-refractivity contribution is -0.142. The van der Waals surface area contributed by atoms with Gasteiger partial charge in [-0.15, -0.1) is 5.10 Å². The number of ether oxygens (including phenoxy) is 2. The van der Waals surface area contributed by atoms with Crippen molar-refractivity contribution in [2.75, 3.05) is 7.11 Å². The van der Waals surface area contributed by atoms with Crippen LogP contribution in [0, 0.1) is 0 Å². The molecular weight excluding hydrogens is 342 g/mol. The van der Waals surface area contributed by atoms with Gasteiger partial charge >= 0.3 is 5.97 Å². The zero-order valence-electron chi connectivity index (χ0n) is 15.3. The molecule has 1 aromatic heterocycles. The first kappa shape index (κ1) is 18.4. The zero-order chi connectivity index (χ0) is 19.1. The van der Waals surface area contributed by atoms with E-state index in [1.54, 1.807) is 24.1 Å². The molecule has 1 heterocycles. The first-order valence-electron chi connectivity index (χ1n) is 8.61. The summed E-state index contributed by atoms with van der Waals surface area (Å²) in [6.45, 7) is 2.45. The van der Waals surface area contributed by atoms with Crippen LogP contribution in [0.4, 0.5) is 0 Å². The van der Waals surface area contributed by atoms with Crippen molar-refractivity contribution < 1.29 is 14.3 Å².